The second kappa shape index (κ2) is 4.79. The smallest absolute Gasteiger partial charge is 0.150 e. The lowest BCUT2D eigenvalue weighted by Gasteiger charge is -2.28. The number of hydrogen-bond acceptors (Lipinski definition) is 5. The van der Waals surface area contributed by atoms with Crippen LogP contribution >= 0.6 is 0 Å². The number of fused-ring (bicyclic) bond motifs is 1. The first-order valence-corrected chi connectivity index (χ1v) is 6.73. The van der Waals surface area contributed by atoms with Gasteiger partial charge in [-0.3, -0.25) is 4.98 Å². The van der Waals surface area contributed by atoms with Gasteiger partial charge in [-0.25, -0.2) is 0 Å². The van der Waals surface area contributed by atoms with Crippen molar-refractivity contribution < 1.29 is 4.74 Å². The van der Waals surface area contributed by atoms with Gasteiger partial charge < -0.3 is 21.5 Å². The molecule has 0 radical (unpaired) electrons. The Morgan fingerprint density at radius 3 is 2.57 bits per heavy atom. The lowest BCUT2D eigenvalue weighted by atomic mass is 9.86. The molecule has 0 bridgehead atoms. The van der Waals surface area contributed by atoms with Crippen molar-refractivity contribution in [3.63, 3.8) is 0 Å². The van der Waals surface area contributed by atoms with Crippen molar-refractivity contribution in [2.24, 2.45) is 11.5 Å². The van der Waals surface area contributed by atoms with Gasteiger partial charge in [-0.05, 0) is 49.2 Å². The first-order valence-electron chi connectivity index (χ1n) is 6.73. The highest BCUT2D eigenvalue weighted by Crippen LogP contribution is 2.36. The first-order chi connectivity index (χ1) is 9.98. The Morgan fingerprint density at radius 2 is 1.86 bits per heavy atom. The molecule has 1 atom stereocenters. The molecule has 1 aromatic heterocycles. The van der Waals surface area contributed by atoms with Crippen LogP contribution < -0.4 is 21.5 Å². The molecule has 5 N–H and O–H groups in total. The highest BCUT2D eigenvalue weighted by Gasteiger charge is 2.26. The normalized spacial score (nSPS) is 16.5. The number of hydrogen-bond donors (Lipinski definition) is 3. The van der Waals surface area contributed by atoms with Crippen molar-refractivity contribution in [1.29, 1.82) is 0 Å². The van der Waals surface area contributed by atoms with E-state index in [1.54, 1.807) is 12.4 Å². The summed E-state index contributed by atoms with van der Waals surface area (Å²) in [4.78, 5) is 4.03. The van der Waals surface area contributed by atoms with Crippen LogP contribution in [0.4, 0.5) is 5.69 Å². The van der Waals surface area contributed by atoms with Crippen LogP contribution in [0.3, 0.4) is 0 Å². The number of rotatable bonds is 2. The number of aromatic nitrogens is 1. The van der Waals surface area contributed by atoms with Gasteiger partial charge in [0, 0.05) is 12.4 Å². The Hall–Kier alpha value is -2.53. The maximum absolute atomic E-state index is 6.51. The van der Waals surface area contributed by atoms with Crippen molar-refractivity contribution >= 4 is 5.69 Å². The second-order valence-corrected chi connectivity index (χ2v) is 5.35. The molecule has 1 aliphatic heterocycles. The number of nitrogens with one attached hydrogen (secondary N) is 1. The molecule has 0 saturated heterocycles. The molecule has 0 saturated carbocycles. The molecule has 0 fully saturated rings. The number of nitrogens with two attached hydrogens (primary N) is 2. The summed E-state index contributed by atoms with van der Waals surface area (Å²) >= 11 is 0. The van der Waals surface area contributed by atoms with Gasteiger partial charge in [0.25, 0.3) is 0 Å². The Balaban J connectivity index is 2.01. The Bertz CT molecular complexity index is 707. The predicted molar refractivity (Wildman–Crippen MR) is 82.5 cm³/mol. The van der Waals surface area contributed by atoms with E-state index in [1.807, 2.05) is 44.2 Å². The summed E-state index contributed by atoms with van der Waals surface area (Å²) in [6.45, 7) is 3.79. The van der Waals surface area contributed by atoms with Crippen LogP contribution in [0.15, 0.2) is 54.3 Å². The topological polar surface area (TPSA) is 86.2 Å². The maximum Gasteiger partial charge on any atom is 0.150 e. The SMILES string of the molecule is CC1=C(N)Nc2cc(C(C)(N)c3ccncc3)ccc2O1. The summed E-state index contributed by atoms with van der Waals surface area (Å²) < 4.78 is 5.66. The van der Waals surface area contributed by atoms with E-state index in [4.69, 9.17) is 16.2 Å². The second-order valence-electron chi connectivity index (χ2n) is 5.35. The molecule has 5 heteroatoms. The number of ether oxygens (including phenoxy) is 1. The molecule has 1 unspecified atom stereocenters. The highest BCUT2D eigenvalue weighted by atomic mass is 16.5. The molecule has 5 nitrogen and oxygen atoms in total. The zero-order valence-corrected chi connectivity index (χ0v) is 12.1. The minimum absolute atomic E-state index is 0.516. The van der Waals surface area contributed by atoms with Crippen LogP contribution in [-0.2, 0) is 5.54 Å². The molecular weight excluding hydrogens is 264 g/mol. The van der Waals surface area contributed by atoms with E-state index in [9.17, 15) is 0 Å². The number of nitrogens with zero attached hydrogens (tertiary/aromatic N) is 1. The number of benzene rings is 1. The standard InChI is InChI=1S/C16H18N4O/c1-10-15(17)20-13-9-12(3-4-14(13)21-10)16(2,18)11-5-7-19-8-6-11/h3-9,20H,17-18H2,1-2H3. The summed E-state index contributed by atoms with van der Waals surface area (Å²) in [6.07, 6.45) is 3.48. The molecule has 1 aliphatic rings. The van der Waals surface area contributed by atoms with Crippen LogP contribution in [-0.4, -0.2) is 4.98 Å². The summed E-state index contributed by atoms with van der Waals surface area (Å²) in [6, 6.07) is 9.67. The molecule has 0 spiro atoms. The van der Waals surface area contributed by atoms with E-state index in [2.05, 4.69) is 10.3 Å². The molecule has 1 aromatic carbocycles. The van der Waals surface area contributed by atoms with Crippen LogP contribution in [0.5, 0.6) is 5.75 Å². The van der Waals surface area contributed by atoms with Crippen molar-refractivity contribution in [3.8, 4) is 5.75 Å². The van der Waals surface area contributed by atoms with E-state index in [0.29, 0.717) is 11.6 Å². The van der Waals surface area contributed by atoms with Crippen molar-refractivity contribution in [2.45, 2.75) is 19.4 Å². The number of pyridine rings is 1. The first kappa shape index (κ1) is 13.5. The van der Waals surface area contributed by atoms with E-state index in [1.165, 1.54) is 0 Å². The van der Waals surface area contributed by atoms with Gasteiger partial charge in [-0.2, -0.15) is 0 Å². The quantitative estimate of drug-likeness (QED) is 0.786. The molecule has 3 rings (SSSR count). The Kier molecular flexibility index (Phi) is 3.07. The molecule has 2 aromatic rings. The van der Waals surface area contributed by atoms with Gasteiger partial charge in [0.2, 0.25) is 0 Å². The van der Waals surface area contributed by atoms with E-state index in [0.717, 1.165) is 22.6 Å². The zero-order chi connectivity index (χ0) is 15.0. The minimum atomic E-state index is -0.620. The van der Waals surface area contributed by atoms with Gasteiger partial charge in [-0.15, -0.1) is 0 Å². The summed E-state index contributed by atoms with van der Waals surface area (Å²) in [5, 5.41) is 3.14. The minimum Gasteiger partial charge on any atom is -0.456 e. The fourth-order valence-corrected chi connectivity index (χ4v) is 2.36. The van der Waals surface area contributed by atoms with E-state index >= 15 is 0 Å². The van der Waals surface area contributed by atoms with Crippen LogP contribution in [0.25, 0.3) is 0 Å². The highest BCUT2D eigenvalue weighted by molar-refractivity contribution is 5.64. The molecule has 0 amide bonds. The van der Waals surface area contributed by atoms with Gasteiger partial charge >= 0.3 is 0 Å². The molecular formula is C16H18N4O. The molecule has 2 heterocycles. The number of anilines is 1. The van der Waals surface area contributed by atoms with Gasteiger partial charge in [0.15, 0.2) is 5.75 Å². The van der Waals surface area contributed by atoms with Crippen LogP contribution in [0, 0.1) is 0 Å². The third-order valence-corrected chi connectivity index (χ3v) is 3.77. The van der Waals surface area contributed by atoms with Crippen LogP contribution in [0.2, 0.25) is 0 Å². The summed E-state index contributed by atoms with van der Waals surface area (Å²) in [7, 11) is 0. The fraction of sp³-hybridized carbons (Fsp3) is 0.188. The largest absolute Gasteiger partial charge is 0.456 e. The number of allylic oxidation sites excluding steroid dienone is 1. The molecule has 0 aliphatic carbocycles. The van der Waals surface area contributed by atoms with Crippen LogP contribution in [0.1, 0.15) is 25.0 Å². The predicted octanol–water partition coefficient (Wildman–Crippen LogP) is 2.26. The van der Waals surface area contributed by atoms with Gasteiger partial charge in [-0.1, -0.05) is 6.07 Å². The van der Waals surface area contributed by atoms with Crippen molar-refractivity contribution in [2.75, 3.05) is 5.32 Å². The average Bonchev–Trinajstić information content (AvgIpc) is 2.49. The Labute approximate surface area is 123 Å². The van der Waals surface area contributed by atoms with Crippen molar-refractivity contribution in [3.05, 3.63) is 65.4 Å². The van der Waals surface area contributed by atoms with Gasteiger partial charge in [0.05, 0.1) is 11.2 Å². The third kappa shape index (κ3) is 2.32. The third-order valence-electron chi connectivity index (χ3n) is 3.77. The van der Waals surface area contributed by atoms with Gasteiger partial charge in [0.1, 0.15) is 11.6 Å². The zero-order valence-electron chi connectivity index (χ0n) is 12.1. The monoisotopic (exact) mass is 282 g/mol. The molecule has 108 valence electrons. The van der Waals surface area contributed by atoms with E-state index < -0.39 is 5.54 Å². The summed E-state index contributed by atoms with van der Waals surface area (Å²) in [5.74, 6) is 1.93. The average molecular weight is 282 g/mol. The lowest BCUT2D eigenvalue weighted by Crippen LogP contribution is -2.34. The summed E-state index contributed by atoms with van der Waals surface area (Å²) in [5.41, 5.74) is 14.5. The maximum atomic E-state index is 6.51. The van der Waals surface area contributed by atoms with Crippen molar-refractivity contribution in [1.82, 2.24) is 4.98 Å². The van der Waals surface area contributed by atoms with E-state index in [-0.39, 0.29) is 0 Å². The Morgan fingerprint density at radius 1 is 1.14 bits per heavy atom. The molecule has 21 heavy (non-hydrogen) atoms. The lowest BCUT2D eigenvalue weighted by molar-refractivity contribution is 0.415. The fourth-order valence-electron chi connectivity index (χ4n) is 2.36.